The number of rotatable bonds is 8. The number of carbonyl (C=O) groups excluding carboxylic acids is 2. The third kappa shape index (κ3) is 5.53. The lowest BCUT2D eigenvalue weighted by atomic mass is 9.89. The van der Waals surface area contributed by atoms with Crippen molar-refractivity contribution >= 4 is 61.7 Å². The topological polar surface area (TPSA) is 114 Å². The fraction of sp³-hybridized carbons (Fsp3) is 0.269. The number of aromatic amines is 1. The summed E-state index contributed by atoms with van der Waals surface area (Å²) in [5, 5.41) is 5.91. The average molecular weight is 553 g/mol. The fourth-order valence-electron chi connectivity index (χ4n) is 4.24. The van der Waals surface area contributed by atoms with Gasteiger partial charge < -0.3 is 15.0 Å². The Morgan fingerprint density at radius 2 is 2.05 bits per heavy atom. The number of esters is 1. The molecule has 3 aromatic heterocycles. The van der Waals surface area contributed by atoms with Crippen LogP contribution in [0.4, 0.5) is 5.13 Å². The van der Waals surface area contributed by atoms with Crippen molar-refractivity contribution in [2.24, 2.45) is 0 Å². The normalized spacial score (nSPS) is 12.8. The highest BCUT2D eigenvalue weighted by Gasteiger charge is 2.19. The molecule has 0 aliphatic heterocycles. The number of benzene rings is 1. The van der Waals surface area contributed by atoms with Crippen molar-refractivity contribution in [3.05, 3.63) is 68.3 Å². The van der Waals surface area contributed by atoms with Crippen molar-refractivity contribution in [3.63, 3.8) is 0 Å². The summed E-state index contributed by atoms with van der Waals surface area (Å²) in [5.74, 6) is -0.814. The summed E-state index contributed by atoms with van der Waals surface area (Å²) in [4.78, 5) is 50.2. The van der Waals surface area contributed by atoms with Crippen LogP contribution in [0, 0.1) is 6.92 Å². The first-order chi connectivity index (χ1) is 17.9. The summed E-state index contributed by atoms with van der Waals surface area (Å²) in [6.45, 7) is 5.29. The van der Waals surface area contributed by atoms with Crippen LogP contribution in [0.5, 0.6) is 0 Å². The number of hydrogen-bond acceptors (Lipinski definition) is 9. The second kappa shape index (κ2) is 11.0. The van der Waals surface area contributed by atoms with Gasteiger partial charge in [-0.15, -0.1) is 11.3 Å². The Kier molecular flexibility index (Phi) is 7.54. The predicted molar refractivity (Wildman–Crippen MR) is 149 cm³/mol. The lowest BCUT2D eigenvalue weighted by Crippen LogP contribution is -2.15. The SMILES string of the molecule is C=CCOC(=O)c1sc(NC(=O)CSc2nc3scc(-c4ccc5c(c4)CCCC5)c3c(=O)[nH]2)nc1C. The molecule has 1 aromatic carbocycles. The Hall–Kier alpha value is -3.28. The first-order valence-corrected chi connectivity index (χ1v) is 14.4. The molecular formula is C26H24N4O4S3. The maximum atomic E-state index is 13.0. The molecule has 5 rings (SSSR count). The molecule has 1 amide bonds. The maximum absolute atomic E-state index is 13.0. The van der Waals surface area contributed by atoms with Gasteiger partial charge in [-0.25, -0.2) is 14.8 Å². The summed E-state index contributed by atoms with van der Waals surface area (Å²) in [6, 6.07) is 6.46. The smallest absolute Gasteiger partial charge is 0.350 e. The zero-order chi connectivity index (χ0) is 25.9. The van der Waals surface area contributed by atoms with E-state index >= 15 is 0 Å². The molecule has 0 spiro atoms. The standard InChI is InChI=1S/C26H24N4O4S3/c1-3-10-34-24(33)21-14(2)27-26(37-21)28-19(31)13-36-25-29-22(32)20-18(12-35-23(20)30-25)17-9-8-15-6-4-5-7-16(15)11-17/h3,8-9,11-12H,1,4-7,10,13H2,2H3,(H,27,28,31)(H,29,30,32). The molecule has 190 valence electrons. The van der Waals surface area contributed by atoms with Crippen LogP contribution in [-0.4, -0.2) is 39.2 Å². The number of H-pyrrole nitrogens is 1. The van der Waals surface area contributed by atoms with E-state index in [0.717, 1.165) is 47.1 Å². The van der Waals surface area contributed by atoms with Crippen LogP contribution >= 0.6 is 34.4 Å². The summed E-state index contributed by atoms with van der Waals surface area (Å²) < 4.78 is 5.04. The van der Waals surface area contributed by atoms with E-state index < -0.39 is 5.97 Å². The summed E-state index contributed by atoms with van der Waals surface area (Å²) >= 11 is 3.60. The van der Waals surface area contributed by atoms with Gasteiger partial charge in [0.2, 0.25) is 5.91 Å². The van der Waals surface area contributed by atoms with Crippen molar-refractivity contribution in [2.45, 2.75) is 37.8 Å². The second-order valence-corrected chi connectivity index (χ2v) is 11.4. The minimum Gasteiger partial charge on any atom is -0.457 e. The van der Waals surface area contributed by atoms with Gasteiger partial charge >= 0.3 is 5.97 Å². The second-order valence-electron chi connectivity index (χ2n) is 8.55. The number of thiophene rings is 1. The Balaban J connectivity index is 1.27. The molecule has 0 saturated heterocycles. The van der Waals surface area contributed by atoms with E-state index in [1.165, 1.54) is 41.4 Å². The Morgan fingerprint density at radius 1 is 1.24 bits per heavy atom. The van der Waals surface area contributed by atoms with E-state index in [0.29, 0.717) is 31.1 Å². The number of aromatic nitrogens is 3. The highest BCUT2D eigenvalue weighted by Crippen LogP contribution is 2.34. The van der Waals surface area contributed by atoms with Gasteiger partial charge in [-0.05, 0) is 49.3 Å². The molecule has 11 heteroatoms. The van der Waals surface area contributed by atoms with Gasteiger partial charge in [-0.2, -0.15) is 0 Å². The zero-order valence-electron chi connectivity index (χ0n) is 20.1. The van der Waals surface area contributed by atoms with Crippen LogP contribution in [0.25, 0.3) is 21.3 Å². The Labute approximate surface area is 225 Å². The molecule has 1 aliphatic rings. The number of hydrogen-bond donors (Lipinski definition) is 2. The average Bonchev–Trinajstić information content (AvgIpc) is 3.49. The van der Waals surface area contributed by atoms with Crippen molar-refractivity contribution in [2.75, 3.05) is 17.7 Å². The molecule has 0 atom stereocenters. The molecule has 0 fully saturated rings. The number of thioether (sulfide) groups is 1. The molecular weight excluding hydrogens is 529 g/mol. The molecule has 0 unspecified atom stereocenters. The van der Waals surface area contributed by atoms with Crippen LogP contribution in [0.15, 0.2) is 46.2 Å². The van der Waals surface area contributed by atoms with Crippen LogP contribution < -0.4 is 10.9 Å². The molecule has 3 heterocycles. The van der Waals surface area contributed by atoms with Gasteiger partial charge in [0.1, 0.15) is 16.3 Å². The maximum Gasteiger partial charge on any atom is 0.350 e. The van der Waals surface area contributed by atoms with E-state index in [1.807, 2.05) is 5.38 Å². The van der Waals surface area contributed by atoms with Gasteiger partial charge in [0.25, 0.3) is 5.56 Å². The van der Waals surface area contributed by atoms with Crippen molar-refractivity contribution in [1.82, 2.24) is 15.0 Å². The highest BCUT2D eigenvalue weighted by molar-refractivity contribution is 7.99. The molecule has 2 N–H and O–H groups in total. The molecule has 1 aliphatic carbocycles. The molecule has 4 aromatic rings. The first-order valence-electron chi connectivity index (χ1n) is 11.7. The number of ether oxygens (including phenoxy) is 1. The number of carbonyl (C=O) groups is 2. The van der Waals surface area contributed by atoms with Crippen molar-refractivity contribution < 1.29 is 14.3 Å². The van der Waals surface area contributed by atoms with Crippen molar-refractivity contribution in [1.29, 1.82) is 0 Å². The Morgan fingerprint density at radius 3 is 2.86 bits per heavy atom. The fourth-order valence-corrected chi connectivity index (χ4v) is 6.78. The van der Waals surface area contributed by atoms with E-state index in [4.69, 9.17) is 4.74 Å². The molecule has 37 heavy (non-hydrogen) atoms. The van der Waals surface area contributed by atoms with Crippen LogP contribution in [-0.2, 0) is 22.4 Å². The van der Waals surface area contributed by atoms with Gasteiger partial charge in [0.15, 0.2) is 10.3 Å². The molecule has 0 radical (unpaired) electrons. The number of aryl methyl sites for hydroxylation is 3. The quantitative estimate of drug-likeness (QED) is 0.131. The number of thiazole rings is 1. The molecule has 0 saturated carbocycles. The predicted octanol–water partition coefficient (Wildman–Crippen LogP) is 5.37. The molecule has 0 bridgehead atoms. The number of nitrogens with zero attached hydrogens (tertiary/aromatic N) is 2. The van der Waals surface area contributed by atoms with Gasteiger partial charge in [-0.3, -0.25) is 9.59 Å². The third-order valence-corrected chi connectivity index (χ3v) is 8.78. The molecule has 8 nitrogen and oxygen atoms in total. The lowest BCUT2D eigenvalue weighted by Gasteiger charge is -2.16. The minimum absolute atomic E-state index is 0.0202. The van der Waals surface area contributed by atoms with E-state index in [-0.39, 0.29) is 23.8 Å². The van der Waals surface area contributed by atoms with Crippen LogP contribution in [0.2, 0.25) is 0 Å². The van der Waals surface area contributed by atoms with Crippen molar-refractivity contribution in [3.8, 4) is 11.1 Å². The largest absolute Gasteiger partial charge is 0.457 e. The summed E-state index contributed by atoms with van der Waals surface area (Å²) in [5.41, 5.74) is 4.94. The Bertz CT molecular complexity index is 1570. The number of fused-ring (bicyclic) bond motifs is 2. The summed E-state index contributed by atoms with van der Waals surface area (Å²) in [7, 11) is 0. The van der Waals surface area contributed by atoms with Crippen LogP contribution in [0.3, 0.4) is 0 Å². The first kappa shape index (κ1) is 25.4. The minimum atomic E-state index is -0.509. The summed E-state index contributed by atoms with van der Waals surface area (Å²) in [6.07, 6.45) is 6.09. The monoisotopic (exact) mass is 552 g/mol. The third-order valence-electron chi connectivity index (χ3n) is 5.98. The number of amides is 1. The number of nitrogens with one attached hydrogen (secondary N) is 2. The van der Waals surface area contributed by atoms with E-state index in [1.54, 1.807) is 6.92 Å². The van der Waals surface area contributed by atoms with Gasteiger partial charge in [0.05, 0.1) is 16.8 Å². The number of anilines is 1. The van der Waals surface area contributed by atoms with Crippen LogP contribution in [0.1, 0.15) is 39.3 Å². The lowest BCUT2D eigenvalue weighted by molar-refractivity contribution is -0.113. The van der Waals surface area contributed by atoms with E-state index in [2.05, 4.69) is 45.0 Å². The van der Waals surface area contributed by atoms with E-state index in [9.17, 15) is 14.4 Å². The highest BCUT2D eigenvalue weighted by atomic mass is 32.2. The van der Waals surface area contributed by atoms with Gasteiger partial charge in [0, 0.05) is 10.9 Å². The van der Waals surface area contributed by atoms with Gasteiger partial charge in [-0.1, -0.05) is 54.0 Å². The zero-order valence-corrected chi connectivity index (χ0v) is 22.5.